The number of nitrogens with zero attached hydrogens (tertiary/aromatic N) is 3. The maximum atomic E-state index is 9.62. The number of aromatic nitrogens is 3. The third-order valence-electron chi connectivity index (χ3n) is 6.99. The minimum atomic E-state index is -1.10. The summed E-state index contributed by atoms with van der Waals surface area (Å²) in [5.41, 5.74) is -5.76. The lowest BCUT2D eigenvalue weighted by molar-refractivity contribution is 1.07. The van der Waals surface area contributed by atoms with Gasteiger partial charge in [-0.05, 0) is 66.7 Å². The summed E-state index contributed by atoms with van der Waals surface area (Å²) in [5, 5.41) is -3.13. The SMILES string of the molecule is [2H]c1c([2H])c([2H])c(-c2nc(-c3c([2H])c([2H])c(-c4c([2H])c([2H])c5c6c([2H])c([2H])c([2H])c([2H])c6c6c([2H])c([2H])c([2H])c([2H])c6c5c4[2H])c([2H])c3[2H])nc(-c3c([2H])c([2H])c([2H])c(-c4c([2H])c([2H])c([2H])c([2H])c4[2H])c3[2H])n2)c([2H])c1[2H]. The Kier molecular flexibility index (Phi) is 2.70. The van der Waals surface area contributed by atoms with E-state index in [-0.39, 0.29) is 0 Å². The van der Waals surface area contributed by atoms with Crippen LogP contribution in [-0.4, -0.2) is 15.0 Å². The third-order valence-corrected chi connectivity index (χ3v) is 6.99. The van der Waals surface area contributed by atoms with Crippen LogP contribution >= 0.6 is 0 Å². The minimum absolute atomic E-state index is 0.464. The second kappa shape index (κ2) is 11.7. The fourth-order valence-electron chi connectivity index (χ4n) is 4.86. The van der Waals surface area contributed by atoms with Crippen molar-refractivity contribution < 1.29 is 39.8 Å². The average Bonchev–Trinajstić information content (AvgIpc) is 3.52. The molecule has 9 aromatic rings. The van der Waals surface area contributed by atoms with Crippen molar-refractivity contribution in [2.45, 2.75) is 0 Å². The van der Waals surface area contributed by atoms with Crippen LogP contribution in [0.5, 0.6) is 0 Å². The summed E-state index contributed by atoms with van der Waals surface area (Å²) < 4.78 is 255. The number of rotatable bonds is 5. The average molecular weight is 641 g/mol. The van der Waals surface area contributed by atoms with Crippen molar-refractivity contribution in [3.63, 3.8) is 0 Å². The lowest BCUT2D eigenvalue weighted by Crippen LogP contribution is -2.00. The van der Waals surface area contributed by atoms with Crippen LogP contribution in [0.4, 0.5) is 0 Å². The molecule has 0 radical (unpaired) electrons. The van der Waals surface area contributed by atoms with E-state index in [1.165, 1.54) is 0 Å². The number of benzene rings is 8. The van der Waals surface area contributed by atoms with E-state index in [2.05, 4.69) is 15.0 Å². The van der Waals surface area contributed by atoms with Gasteiger partial charge >= 0.3 is 0 Å². The van der Waals surface area contributed by atoms with E-state index < -0.39 is 264 Å². The molecule has 1 aromatic heterocycles. The molecular formula is C45H29N3. The molecule has 0 saturated heterocycles. The van der Waals surface area contributed by atoms with Gasteiger partial charge in [-0.2, -0.15) is 0 Å². The van der Waals surface area contributed by atoms with E-state index in [0.29, 0.717) is 0 Å². The van der Waals surface area contributed by atoms with Crippen LogP contribution in [-0.2, 0) is 0 Å². The first-order chi connectivity index (χ1) is 35.9. The molecule has 0 amide bonds. The van der Waals surface area contributed by atoms with Gasteiger partial charge in [-0.1, -0.05) is 163 Å². The van der Waals surface area contributed by atoms with Crippen LogP contribution in [0.15, 0.2) is 175 Å². The molecule has 0 saturated carbocycles. The van der Waals surface area contributed by atoms with Crippen LogP contribution < -0.4 is 0 Å². The Bertz CT molecular complexity index is 4140. The Hall–Kier alpha value is -6.45. The molecule has 0 aliphatic heterocycles. The summed E-state index contributed by atoms with van der Waals surface area (Å²) in [4.78, 5) is 12.7. The fraction of sp³-hybridized carbons (Fsp3) is 0. The molecule has 48 heavy (non-hydrogen) atoms. The zero-order chi connectivity index (χ0) is 57.1. The zero-order valence-electron chi connectivity index (χ0n) is 52.8. The lowest BCUT2D eigenvalue weighted by Gasteiger charge is -2.12. The van der Waals surface area contributed by atoms with Crippen LogP contribution in [0.25, 0.3) is 88.7 Å². The van der Waals surface area contributed by atoms with Gasteiger partial charge < -0.3 is 0 Å². The fourth-order valence-corrected chi connectivity index (χ4v) is 4.86. The molecule has 0 spiro atoms. The first kappa shape index (κ1) is 11.1. The summed E-state index contributed by atoms with van der Waals surface area (Å²) >= 11 is 0. The molecule has 3 heteroatoms. The molecule has 0 atom stereocenters. The maximum Gasteiger partial charge on any atom is 0.164 e. The first-order valence-electron chi connectivity index (χ1n) is 28.3. The Labute approximate surface area is 319 Å². The summed E-state index contributed by atoms with van der Waals surface area (Å²) in [7, 11) is 0. The van der Waals surface area contributed by atoms with Gasteiger partial charge in [-0.25, -0.2) is 15.0 Å². The molecule has 8 aromatic carbocycles. The largest absolute Gasteiger partial charge is 0.208 e. The quantitative estimate of drug-likeness (QED) is 0.176. The van der Waals surface area contributed by atoms with Crippen molar-refractivity contribution >= 4 is 32.3 Å². The van der Waals surface area contributed by atoms with Crippen molar-refractivity contribution in [2.24, 2.45) is 0 Å². The maximum absolute atomic E-state index is 9.62. The van der Waals surface area contributed by atoms with E-state index in [9.17, 15) is 11.0 Å². The minimum Gasteiger partial charge on any atom is -0.208 e. The van der Waals surface area contributed by atoms with Gasteiger partial charge in [0.15, 0.2) is 17.5 Å². The Morgan fingerprint density at radius 3 is 1.21 bits per heavy atom. The molecule has 0 bridgehead atoms. The molecule has 1 heterocycles. The van der Waals surface area contributed by atoms with E-state index in [0.717, 1.165) is 0 Å². The number of fused-ring (bicyclic) bond motifs is 6. The molecule has 0 N–H and O–H groups in total. The van der Waals surface area contributed by atoms with E-state index in [1.54, 1.807) is 0 Å². The van der Waals surface area contributed by atoms with Gasteiger partial charge in [0, 0.05) is 16.7 Å². The Morgan fingerprint density at radius 2 is 0.604 bits per heavy atom. The van der Waals surface area contributed by atoms with Crippen molar-refractivity contribution in [3.8, 4) is 56.4 Å². The lowest BCUT2D eigenvalue weighted by atomic mass is 9.92. The zero-order valence-corrected chi connectivity index (χ0v) is 23.8. The molecule has 0 aliphatic carbocycles. The molecule has 224 valence electrons. The standard InChI is InChI=1S/C45H29N3/c1-3-12-30(13-4-1)34-16-11-17-36(28-34)45-47-43(32-14-5-2-6-15-32)46-44(48-45)33-24-22-31(23-25-33)35-26-27-41-39-20-8-7-18-37(39)38-19-9-10-21-40(38)42(41)29-35/h1-29H/i1D,2D,3D,4D,5D,6D,7D,8D,9D,10D,11D,12D,13D,14D,15D,16D,17D,18D,19D,20D,21D,22D,23D,24D,25D,26D,27D,28D,29D. The summed E-state index contributed by atoms with van der Waals surface area (Å²) in [6, 6.07) is -26.9. The van der Waals surface area contributed by atoms with Crippen molar-refractivity contribution in [1.82, 2.24) is 15.0 Å². The number of hydrogen-bond donors (Lipinski definition) is 0. The van der Waals surface area contributed by atoms with Crippen molar-refractivity contribution in [1.29, 1.82) is 0 Å². The van der Waals surface area contributed by atoms with Crippen LogP contribution in [0, 0.1) is 0 Å². The predicted molar refractivity (Wildman–Crippen MR) is 200 cm³/mol. The van der Waals surface area contributed by atoms with Crippen LogP contribution in [0.2, 0.25) is 0 Å². The normalized spacial score (nSPS) is 19.8. The Morgan fingerprint density at radius 1 is 0.250 bits per heavy atom. The van der Waals surface area contributed by atoms with Gasteiger partial charge in [-0.15, -0.1) is 0 Å². The molecular weight excluding hydrogens is 583 g/mol. The molecule has 9 rings (SSSR count). The van der Waals surface area contributed by atoms with Crippen molar-refractivity contribution in [3.05, 3.63) is 175 Å². The second-order valence-electron chi connectivity index (χ2n) is 9.81. The monoisotopic (exact) mass is 640 g/mol. The van der Waals surface area contributed by atoms with E-state index in [1.807, 2.05) is 0 Å². The number of hydrogen-bond acceptors (Lipinski definition) is 3. The molecule has 0 unspecified atom stereocenters. The van der Waals surface area contributed by atoms with Gasteiger partial charge in [0.05, 0.1) is 39.8 Å². The second-order valence-corrected chi connectivity index (χ2v) is 9.81. The highest BCUT2D eigenvalue weighted by molar-refractivity contribution is 6.25. The summed E-state index contributed by atoms with van der Waals surface area (Å²) in [6.45, 7) is 0. The predicted octanol–water partition coefficient (Wildman–Crippen LogP) is 11.7. The van der Waals surface area contributed by atoms with Crippen LogP contribution in [0.3, 0.4) is 0 Å². The van der Waals surface area contributed by atoms with E-state index >= 15 is 0 Å². The van der Waals surface area contributed by atoms with E-state index in [4.69, 9.17) is 28.8 Å². The highest BCUT2D eigenvalue weighted by atomic mass is 15.0. The molecule has 0 fully saturated rings. The third kappa shape index (κ3) is 4.99. The highest BCUT2D eigenvalue weighted by Crippen LogP contribution is 2.37. The first-order valence-corrected chi connectivity index (χ1v) is 13.8. The summed E-state index contributed by atoms with van der Waals surface area (Å²) in [6.07, 6.45) is 0. The smallest absolute Gasteiger partial charge is 0.164 e. The van der Waals surface area contributed by atoms with Gasteiger partial charge in [0.25, 0.3) is 0 Å². The Balaban J connectivity index is 1.42. The topological polar surface area (TPSA) is 38.7 Å². The van der Waals surface area contributed by atoms with Crippen molar-refractivity contribution in [2.75, 3.05) is 0 Å². The van der Waals surface area contributed by atoms with Crippen LogP contribution in [0.1, 0.15) is 39.8 Å². The summed E-state index contributed by atoms with van der Waals surface area (Å²) in [5.74, 6) is -2.75. The van der Waals surface area contributed by atoms with Gasteiger partial charge in [0.2, 0.25) is 0 Å². The van der Waals surface area contributed by atoms with Gasteiger partial charge in [-0.3, -0.25) is 0 Å². The highest BCUT2D eigenvalue weighted by Gasteiger charge is 2.14. The molecule has 3 nitrogen and oxygen atoms in total. The van der Waals surface area contributed by atoms with Gasteiger partial charge in [0.1, 0.15) is 0 Å². The molecule has 0 aliphatic rings.